The van der Waals surface area contributed by atoms with Crippen LogP contribution in [0.1, 0.15) is 43.0 Å². The van der Waals surface area contributed by atoms with E-state index in [1.165, 1.54) is 31.2 Å². The Hall–Kier alpha value is -1.89. The maximum absolute atomic E-state index is 12.0. The molecule has 7 heteroatoms. The van der Waals surface area contributed by atoms with Crippen LogP contribution in [0.4, 0.5) is 0 Å². The Morgan fingerprint density at radius 3 is 2.26 bits per heavy atom. The molecular formula is C16H21NO5S. The van der Waals surface area contributed by atoms with E-state index in [0.29, 0.717) is 0 Å². The molecule has 1 saturated carbocycles. The topological polar surface area (TPSA) is 89.5 Å². The molecule has 0 aromatic heterocycles. The number of carbonyl (C=O) groups excluding carboxylic acids is 2. The van der Waals surface area contributed by atoms with E-state index >= 15 is 0 Å². The third kappa shape index (κ3) is 4.79. The molecule has 1 aromatic rings. The van der Waals surface area contributed by atoms with Gasteiger partial charge in [-0.2, -0.15) is 0 Å². The molecule has 1 amide bonds. The largest absolute Gasteiger partial charge is 0.449 e. The maximum atomic E-state index is 12.0. The highest BCUT2D eigenvalue weighted by Crippen LogP contribution is 2.18. The van der Waals surface area contributed by atoms with Crippen LogP contribution in [0.3, 0.4) is 0 Å². The van der Waals surface area contributed by atoms with Crippen LogP contribution in [0.2, 0.25) is 0 Å². The summed E-state index contributed by atoms with van der Waals surface area (Å²) in [6, 6.07) is 5.60. The first-order valence-corrected chi connectivity index (χ1v) is 9.48. The van der Waals surface area contributed by atoms with Crippen molar-refractivity contribution in [2.75, 3.05) is 6.26 Å². The molecule has 0 spiro atoms. The molecule has 2 rings (SSSR count). The predicted molar refractivity (Wildman–Crippen MR) is 84.8 cm³/mol. The molecule has 0 bridgehead atoms. The smallest absolute Gasteiger partial charge is 0.338 e. The van der Waals surface area contributed by atoms with Gasteiger partial charge in [0, 0.05) is 12.3 Å². The van der Waals surface area contributed by atoms with Crippen LogP contribution in [0.25, 0.3) is 0 Å². The lowest BCUT2D eigenvalue weighted by Crippen LogP contribution is -2.40. The fourth-order valence-corrected chi connectivity index (χ4v) is 3.14. The van der Waals surface area contributed by atoms with Gasteiger partial charge < -0.3 is 10.1 Å². The van der Waals surface area contributed by atoms with Crippen LogP contribution < -0.4 is 5.32 Å². The number of ether oxygens (including phenoxy) is 1. The normalized spacial score (nSPS) is 16.8. The second-order valence-corrected chi connectivity index (χ2v) is 7.85. The van der Waals surface area contributed by atoms with E-state index in [1.807, 2.05) is 0 Å². The van der Waals surface area contributed by atoms with E-state index < -0.39 is 21.9 Å². The van der Waals surface area contributed by atoms with Gasteiger partial charge in [-0.3, -0.25) is 4.79 Å². The van der Waals surface area contributed by atoms with E-state index in [9.17, 15) is 18.0 Å². The van der Waals surface area contributed by atoms with Crippen molar-refractivity contribution in [2.24, 2.45) is 0 Å². The summed E-state index contributed by atoms with van der Waals surface area (Å²) in [6.07, 6.45) is 4.32. The average Bonchev–Trinajstić information content (AvgIpc) is 2.99. The second-order valence-electron chi connectivity index (χ2n) is 5.83. The van der Waals surface area contributed by atoms with Gasteiger partial charge in [0.25, 0.3) is 5.91 Å². The van der Waals surface area contributed by atoms with Gasteiger partial charge in [-0.1, -0.05) is 12.8 Å². The number of carbonyl (C=O) groups is 2. The monoisotopic (exact) mass is 339 g/mol. The molecule has 1 aromatic carbocycles. The van der Waals surface area contributed by atoms with E-state index in [2.05, 4.69) is 5.32 Å². The second kappa shape index (κ2) is 7.12. The summed E-state index contributed by atoms with van der Waals surface area (Å²) in [6.45, 7) is 1.52. The van der Waals surface area contributed by atoms with E-state index in [4.69, 9.17) is 4.74 Å². The van der Waals surface area contributed by atoms with Crippen LogP contribution in [0.5, 0.6) is 0 Å². The fourth-order valence-electron chi connectivity index (χ4n) is 2.51. The first kappa shape index (κ1) is 17.5. The molecule has 0 radical (unpaired) electrons. The Bertz CT molecular complexity index is 675. The van der Waals surface area contributed by atoms with E-state index in [-0.39, 0.29) is 22.4 Å². The summed E-state index contributed by atoms with van der Waals surface area (Å²) in [5.41, 5.74) is 0.206. The summed E-state index contributed by atoms with van der Waals surface area (Å²) in [7, 11) is -3.31. The van der Waals surface area contributed by atoms with Crippen molar-refractivity contribution < 1.29 is 22.7 Å². The highest BCUT2D eigenvalue weighted by atomic mass is 32.2. The van der Waals surface area contributed by atoms with Crippen LogP contribution in [-0.4, -0.2) is 38.7 Å². The van der Waals surface area contributed by atoms with E-state index in [1.54, 1.807) is 0 Å². The van der Waals surface area contributed by atoms with Crippen molar-refractivity contribution in [1.29, 1.82) is 0 Å². The van der Waals surface area contributed by atoms with Crippen molar-refractivity contribution >= 4 is 21.7 Å². The Morgan fingerprint density at radius 2 is 1.74 bits per heavy atom. The van der Waals surface area contributed by atoms with Crippen molar-refractivity contribution in [3.05, 3.63) is 29.8 Å². The van der Waals surface area contributed by atoms with Crippen LogP contribution in [0.15, 0.2) is 29.2 Å². The standard InChI is InChI=1S/C16H21NO5S/c1-11(15(18)17-13-5-3-4-6-13)22-16(19)12-7-9-14(10-8-12)23(2,20)21/h7-11,13H,3-6H2,1-2H3,(H,17,18)/t11-/m1/s1. The van der Waals surface area contributed by atoms with Crippen molar-refractivity contribution in [3.63, 3.8) is 0 Å². The highest BCUT2D eigenvalue weighted by Gasteiger charge is 2.23. The molecule has 1 N–H and O–H groups in total. The summed E-state index contributed by atoms with van der Waals surface area (Å²) in [5, 5.41) is 2.87. The summed E-state index contributed by atoms with van der Waals surface area (Å²) >= 11 is 0. The molecule has 126 valence electrons. The van der Waals surface area contributed by atoms with Crippen LogP contribution in [-0.2, 0) is 19.4 Å². The van der Waals surface area contributed by atoms with Crippen LogP contribution in [0, 0.1) is 0 Å². The zero-order chi connectivity index (χ0) is 17.0. The Labute approximate surface area is 136 Å². The van der Waals surface area contributed by atoms with Gasteiger partial charge in [-0.15, -0.1) is 0 Å². The first-order chi connectivity index (χ1) is 10.8. The molecule has 6 nitrogen and oxygen atoms in total. The Kier molecular flexibility index (Phi) is 5.41. The summed E-state index contributed by atoms with van der Waals surface area (Å²) < 4.78 is 27.9. The van der Waals surface area contributed by atoms with Gasteiger partial charge in [0.1, 0.15) is 0 Å². The zero-order valence-electron chi connectivity index (χ0n) is 13.2. The average molecular weight is 339 g/mol. The fraction of sp³-hybridized carbons (Fsp3) is 0.500. The van der Waals surface area contributed by atoms with Gasteiger partial charge in [0.15, 0.2) is 15.9 Å². The number of esters is 1. The molecular weight excluding hydrogens is 318 g/mol. The number of hydrogen-bond acceptors (Lipinski definition) is 5. The lowest BCUT2D eigenvalue weighted by Gasteiger charge is -2.17. The van der Waals surface area contributed by atoms with Crippen molar-refractivity contribution in [1.82, 2.24) is 5.32 Å². The lowest BCUT2D eigenvalue weighted by atomic mass is 10.2. The number of amides is 1. The minimum atomic E-state index is -3.31. The van der Waals surface area contributed by atoms with Crippen molar-refractivity contribution in [2.45, 2.75) is 49.6 Å². The van der Waals surface area contributed by atoms with Gasteiger partial charge in [0.2, 0.25) is 0 Å². The number of rotatable bonds is 5. The molecule has 0 unspecified atom stereocenters. The quantitative estimate of drug-likeness (QED) is 0.825. The number of nitrogens with one attached hydrogen (secondary N) is 1. The SMILES string of the molecule is C[C@@H](OC(=O)c1ccc(S(C)(=O)=O)cc1)C(=O)NC1CCCC1. The minimum absolute atomic E-state index is 0.126. The zero-order valence-corrected chi connectivity index (χ0v) is 14.1. The molecule has 1 aliphatic rings. The first-order valence-electron chi connectivity index (χ1n) is 7.59. The molecule has 23 heavy (non-hydrogen) atoms. The number of sulfone groups is 1. The molecule has 0 aliphatic heterocycles. The molecule has 0 saturated heterocycles. The Morgan fingerprint density at radius 1 is 1.17 bits per heavy atom. The number of benzene rings is 1. The predicted octanol–water partition coefficient (Wildman–Crippen LogP) is 1.69. The number of hydrogen-bond donors (Lipinski definition) is 1. The highest BCUT2D eigenvalue weighted by molar-refractivity contribution is 7.90. The van der Waals surface area contributed by atoms with Crippen molar-refractivity contribution in [3.8, 4) is 0 Å². The summed E-state index contributed by atoms with van der Waals surface area (Å²) in [5.74, 6) is -0.961. The van der Waals surface area contributed by atoms with E-state index in [0.717, 1.165) is 31.9 Å². The van der Waals surface area contributed by atoms with Gasteiger partial charge in [-0.05, 0) is 44.0 Å². The van der Waals surface area contributed by atoms with Gasteiger partial charge in [0.05, 0.1) is 10.5 Å². The lowest BCUT2D eigenvalue weighted by molar-refractivity contribution is -0.129. The van der Waals surface area contributed by atoms with Crippen LogP contribution >= 0.6 is 0 Å². The maximum Gasteiger partial charge on any atom is 0.338 e. The van der Waals surface area contributed by atoms with Gasteiger partial charge >= 0.3 is 5.97 Å². The Balaban J connectivity index is 1.93. The molecule has 1 aliphatic carbocycles. The molecule has 0 heterocycles. The molecule has 1 fully saturated rings. The minimum Gasteiger partial charge on any atom is -0.449 e. The third-order valence-corrected chi connectivity index (χ3v) is 5.00. The summed E-state index contributed by atoms with van der Waals surface area (Å²) in [4.78, 5) is 24.1. The molecule has 1 atom stereocenters. The third-order valence-electron chi connectivity index (χ3n) is 3.87. The van der Waals surface area contributed by atoms with Gasteiger partial charge in [-0.25, -0.2) is 13.2 Å².